The maximum absolute atomic E-state index is 11.9. The Balaban J connectivity index is 1.45. The zero-order valence-corrected chi connectivity index (χ0v) is 17.3. The van der Waals surface area contributed by atoms with Crippen LogP contribution in [0.5, 0.6) is 23.5 Å². The molecule has 0 fully saturated rings. The molecule has 8 nitrogen and oxygen atoms in total. The second kappa shape index (κ2) is 5.83. The van der Waals surface area contributed by atoms with E-state index in [-0.39, 0.29) is 64.1 Å². The summed E-state index contributed by atoms with van der Waals surface area (Å²) in [5.41, 5.74) is 2.99. The van der Waals surface area contributed by atoms with Gasteiger partial charge in [0.15, 0.2) is 0 Å². The highest BCUT2D eigenvalue weighted by molar-refractivity contribution is 5.89. The average molecular weight is 444 g/mol. The summed E-state index contributed by atoms with van der Waals surface area (Å²) < 4.78 is 2.48. The van der Waals surface area contributed by atoms with Crippen molar-refractivity contribution in [2.45, 2.75) is 36.5 Å². The topological polar surface area (TPSA) is 128 Å². The monoisotopic (exact) mass is 444 g/mol. The molecule has 33 heavy (non-hydrogen) atoms. The van der Waals surface area contributed by atoms with Crippen LogP contribution in [0.1, 0.15) is 69.1 Å². The summed E-state index contributed by atoms with van der Waals surface area (Å²) in [4.78, 5) is 11.9. The van der Waals surface area contributed by atoms with Crippen LogP contribution < -0.4 is 0 Å². The van der Waals surface area contributed by atoms with Gasteiger partial charge in [-0.25, -0.2) is 4.79 Å². The third kappa shape index (κ3) is 2.13. The fourth-order valence-electron chi connectivity index (χ4n) is 6.35. The Hall–Kier alpha value is -4.07. The van der Waals surface area contributed by atoms with Crippen molar-refractivity contribution in [2.75, 3.05) is 0 Å². The van der Waals surface area contributed by atoms with E-state index >= 15 is 0 Å². The molecule has 3 aromatic rings. The lowest BCUT2D eigenvalue weighted by Gasteiger charge is -2.15. The maximum atomic E-state index is 11.9. The summed E-state index contributed by atoms with van der Waals surface area (Å²) >= 11 is 0. The van der Waals surface area contributed by atoms with E-state index in [0.29, 0.717) is 22.3 Å². The number of aromatic hydroxyl groups is 4. The Bertz CT molecular complexity index is 1300. The van der Waals surface area contributed by atoms with Crippen LogP contribution in [0.15, 0.2) is 42.5 Å². The highest BCUT2D eigenvalue weighted by Gasteiger charge is 2.43. The first kappa shape index (κ1) is 18.5. The summed E-state index contributed by atoms with van der Waals surface area (Å²) in [5, 5.41) is 53.7. The molecule has 0 radical (unpaired) electrons. The van der Waals surface area contributed by atoms with Gasteiger partial charge < -0.3 is 25.5 Å². The van der Waals surface area contributed by atoms with Gasteiger partial charge in [-0.05, 0) is 31.0 Å². The van der Waals surface area contributed by atoms with Crippen LogP contribution in [-0.2, 0) is 0 Å². The van der Waals surface area contributed by atoms with Gasteiger partial charge in [0.25, 0.3) is 0 Å². The minimum absolute atomic E-state index is 0.0164. The lowest BCUT2D eigenvalue weighted by Crippen LogP contribution is -2.05. The smallest absolute Gasteiger partial charge is 0.335 e. The van der Waals surface area contributed by atoms with Gasteiger partial charge in [0.05, 0.1) is 16.9 Å². The molecule has 4 unspecified atom stereocenters. The van der Waals surface area contributed by atoms with E-state index in [1.54, 1.807) is 6.07 Å². The predicted molar refractivity (Wildman–Crippen MR) is 117 cm³/mol. The molecule has 4 atom stereocenters. The molecule has 166 valence electrons. The van der Waals surface area contributed by atoms with Crippen LogP contribution in [0.3, 0.4) is 0 Å². The first-order valence-corrected chi connectivity index (χ1v) is 10.9. The Morgan fingerprint density at radius 3 is 1.27 bits per heavy atom. The molecule has 0 amide bonds. The van der Waals surface area contributed by atoms with E-state index in [1.807, 2.05) is 24.3 Å². The molecule has 4 aliphatic rings. The molecule has 0 saturated heterocycles. The van der Waals surface area contributed by atoms with Crippen LogP contribution in [0.25, 0.3) is 11.4 Å². The number of hydrogen-bond donors (Lipinski definition) is 5. The van der Waals surface area contributed by atoms with Crippen molar-refractivity contribution in [1.82, 2.24) is 9.13 Å². The molecule has 4 bridgehead atoms. The average Bonchev–Trinajstić information content (AvgIpc) is 3.61. The molecule has 8 heteroatoms. The number of carboxylic acid groups (broad SMARTS) is 1. The van der Waals surface area contributed by atoms with E-state index in [9.17, 15) is 30.3 Å². The normalized spacial score (nSPS) is 25.2. The van der Waals surface area contributed by atoms with E-state index in [4.69, 9.17) is 0 Å². The molecular weight excluding hydrogens is 424 g/mol. The summed E-state index contributed by atoms with van der Waals surface area (Å²) in [7, 11) is 0. The molecule has 1 aromatic carbocycles. The van der Waals surface area contributed by atoms with Gasteiger partial charge in [-0.3, -0.25) is 9.13 Å². The Morgan fingerprint density at radius 1 is 0.636 bits per heavy atom. The van der Waals surface area contributed by atoms with Crippen molar-refractivity contribution in [3.8, 4) is 34.9 Å². The van der Waals surface area contributed by atoms with Crippen LogP contribution >= 0.6 is 0 Å². The zero-order valence-electron chi connectivity index (χ0n) is 17.3. The first-order valence-electron chi connectivity index (χ1n) is 10.9. The van der Waals surface area contributed by atoms with Gasteiger partial charge in [0, 0.05) is 45.9 Å². The largest absolute Gasteiger partial charge is 0.494 e. The zero-order chi connectivity index (χ0) is 22.8. The van der Waals surface area contributed by atoms with Crippen LogP contribution in [-0.4, -0.2) is 40.6 Å². The molecular formula is C25H20N2O6. The van der Waals surface area contributed by atoms with Crippen LogP contribution in [0, 0.1) is 0 Å². The molecule has 2 aromatic heterocycles. The lowest BCUT2D eigenvalue weighted by molar-refractivity contribution is 0.0696. The SMILES string of the molecule is O=C(O)c1cc(-n2c(O)c3c(c2O)C2C=CC3C2)cc(-n2c(O)c3c(c2O)C2C=CC3C2)c1. The second-order valence-electron chi connectivity index (χ2n) is 9.33. The summed E-state index contributed by atoms with van der Waals surface area (Å²) in [6, 6.07) is 4.25. The Morgan fingerprint density at radius 2 is 0.970 bits per heavy atom. The third-order valence-electron chi connectivity index (χ3n) is 7.71. The van der Waals surface area contributed by atoms with Crippen molar-refractivity contribution < 1.29 is 30.3 Å². The highest BCUT2D eigenvalue weighted by atomic mass is 16.4. The minimum Gasteiger partial charge on any atom is -0.494 e. The molecule has 7 rings (SSSR count). The molecule has 0 aliphatic heterocycles. The molecule has 2 heterocycles. The van der Waals surface area contributed by atoms with Gasteiger partial charge >= 0.3 is 5.97 Å². The molecule has 0 saturated carbocycles. The fraction of sp³-hybridized carbons (Fsp3) is 0.240. The first-order chi connectivity index (χ1) is 15.8. The number of carbonyl (C=O) groups is 1. The number of carboxylic acids is 1. The maximum Gasteiger partial charge on any atom is 0.335 e. The quantitative estimate of drug-likeness (QED) is 0.388. The number of benzene rings is 1. The number of nitrogens with zero attached hydrogens (tertiary/aromatic N) is 2. The van der Waals surface area contributed by atoms with Crippen molar-refractivity contribution in [1.29, 1.82) is 0 Å². The number of allylic oxidation sites excluding steroid dienone is 4. The fourth-order valence-corrected chi connectivity index (χ4v) is 6.35. The highest BCUT2D eigenvalue weighted by Crippen LogP contribution is 2.58. The number of aromatic nitrogens is 2. The van der Waals surface area contributed by atoms with Gasteiger partial charge in [-0.2, -0.15) is 0 Å². The van der Waals surface area contributed by atoms with Gasteiger partial charge in [0.1, 0.15) is 0 Å². The van der Waals surface area contributed by atoms with E-state index in [2.05, 4.69) is 0 Å². The number of aromatic carboxylic acids is 1. The minimum atomic E-state index is -1.21. The summed E-state index contributed by atoms with van der Waals surface area (Å²) in [6.07, 6.45) is 9.65. The van der Waals surface area contributed by atoms with Crippen molar-refractivity contribution >= 4 is 5.97 Å². The predicted octanol–water partition coefficient (Wildman–Crippen LogP) is 4.07. The van der Waals surface area contributed by atoms with Gasteiger partial charge in [-0.1, -0.05) is 24.3 Å². The molecule has 4 aliphatic carbocycles. The molecule has 0 spiro atoms. The van der Waals surface area contributed by atoms with Crippen molar-refractivity contribution in [3.63, 3.8) is 0 Å². The van der Waals surface area contributed by atoms with Crippen LogP contribution in [0.4, 0.5) is 0 Å². The number of fused-ring (bicyclic) bond motifs is 10. The number of rotatable bonds is 3. The van der Waals surface area contributed by atoms with Crippen molar-refractivity contribution in [3.05, 3.63) is 70.3 Å². The Labute approximate surface area is 187 Å². The summed E-state index contributed by atoms with van der Waals surface area (Å²) in [6.45, 7) is 0. The van der Waals surface area contributed by atoms with E-state index < -0.39 is 5.97 Å². The van der Waals surface area contributed by atoms with Gasteiger partial charge in [-0.15, -0.1) is 0 Å². The van der Waals surface area contributed by atoms with Gasteiger partial charge in [0.2, 0.25) is 23.5 Å². The Kier molecular flexibility index (Phi) is 3.27. The third-order valence-corrected chi connectivity index (χ3v) is 7.71. The number of hydrogen-bond acceptors (Lipinski definition) is 5. The summed E-state index contributed by atoms with van der Waals surface area (Å²) in [5.74, 6) is -1.65. The second-order valence-corrected chi connectivity index (χ2v) is 9.33. The molecule has 5 N–H and O–H groups in total. The van der Waals surface area contributed by atoms with Crippen molar-refractivity contribution in [2.24, 2.45) is 0 Å². The van der Waals surface area contributed by atoms with E-state index in [0.717, 1.165) is 12.8 Å². The van der Waals surface area contributed by atoms with Crippen LogP contribution in [0.2, 0.25) is 0 Å². The standard InChI is InChI=1S/C25H20N2O6/c28-21-17-10-1-2-11(5-10)18(17)22(29)26(21)15-7-14(25(32)33)8-16(9-15)27-23(30)19-12-3-4-13(6-12)20(19)24(27)31/h1-4,7-13,28-31H,5-6H2,(H,32,33). The lowest BCUT2D eigenvalue weighted by atomic mass is 10.0. The van der Waals surface area contributed by atoms with E-state index in [1.165, 1.54) is 21.3 Å².